The van der Waals surface area contributed by atoms with Gasteiger partial charge >= 0.3 is 5.97 Å². The molecule has 8 nitrogen and oxygen atoms in total. The van der Waals surface area contributed by atoms with E-state index >= 15 is 0 Å². The van der Waals surface area contributed by atoms with Gasteiger partial charge in [-0.25, -0.2) is 17.5 Å². The standard InChI is InChI=1S/C20H23BrN2O6S/c1-13(19(24)22-12-15-7-5-6-8-17(15)28-4)29-20(25)14-9-10-16(21)18(11-14)30(26,27)23(2)3/h5-11,13H,12H2,1-4H3,(H,22,24). The molecule has 162 valence electrons. The molecule has 0 fully saturated rings. The molecule has 0 saturated heterocycles. The Balaban J connectivity index is 2.07. The molecule has 30 heavy (non-hydrogen) atoms. The smallest absolute Gasteiger partial charge is 0.338 e. The SMILES string of the molecule is COc1ccccc1CNC(=O)C(C)OC(=O)c1ccc(Br)c(S(=O)(=O)N(C)C)c1. The maximum atomic E-state index is 12.4. The minimum absolute atomic E-state index is 0.0167. The molecule has 10 heteroatoms. The third kappa shape index (κ3) is 5.59. The maximum absolute atomic E-state index is 12.4. The van der Waals surface area contributed by atoms with Crippen LogP contribution in [0.15, 0.2) is 51.8 Å². The lowest BCUT2D eigenvalue weighted by molar-refractivity contribution is -0.129. The molecule has 1 N–H and O–H groups in total. The van der Waals surface area contributed by atoms with Crippen LogP contribution in [0.4, 0.5) is 0 Å². The van der Waals surface area contributed by atoms with Crippen LogP contribution in [-0.2, 0) is 26.1 Å². The Morgan fingerprint density at radius 1 is 1.17 bits per heavy atom. The van der Waals surface area contributed by atoms with Gasteiger partial charge in [-0.2, -0.15) is 0 Å². The normalized spacial score (nSPS) is 12.3. The molecule has 0 heterocycles. The Morgan fingerprint density at radius 3 is 2.47 bits per heavy atom. The van der Waals surface area contributed by atoms with Gasteiger partial charge in [0.05, 0.1) is 17.6 Å². The summed E-state index contributed by atoms with van der Waals surface area (Å²) in [6.45, 7) is 1.64. The molecule has 0 aliphatic carbocycles. The first-order valence-electron chi connectivity index (χ1n) is 8.90. The van der Waals surface area contributed by atoms with Crippen LogP contribution in [0.2, 0.25) is 0 Å². The fourth-order valence-corrected chi connectivity index (χ4v) is 4.33. The molecule has 2 aromatic carbocycles. The molecule has 2 aromatic rings. The van der Waals surface area contributed by atoms with Crippen LogP contribution < -0.4 is 10.1 Å². The number of carbonyl (C=O) groups excluding carboxylic acids is 2. The summed E-state index contributed by atoms with van der Waals surface area (Å²) in [7, 11) is 0.549. The molecule has 2 rings (SSSR count). The number of esters is 1. The summed E-state index contributed by atoms with van der Waals surface area (Å²) in [6.07, 6.45) is -1.08. The second kappa shape index (κ2) is 10.1. The molecule has 0 aliphatic heterocycles. The van der Waals surface area contributed by atoms with Crippen molar-refractivity contribution in [3.05, 3.63) is 58.1 Å². The van der Waals surface area contributed by atoms with E-state index in [0.717, 1.165) is 9.87 Å². The van der Waals surface area contributed by atoms with Crippen LogP contribution in [0.5, 0.6) is 5.75 Å². The van der Waals surface area contributed by atoms with Crippen molar-refractivity contribution >= 4 is 37.8 Å². The summed E-state index contributed by atoms with van der Waals surface area (Å²) in [5.41, 5.74) is 0.793. The fourth-order valence-electron chi connectivity index (χ4n) is 2.48. The number of nitrogens with zero attached hydrogens (tertiary/aromatic N) is 1. The average molecular weight is 499 g/mol. The molecule has 0 bridgehead atoms. The minimum Gasteiger partial charge on any atom is -0.496 e. The van der Waals surface area contributed by atoms with Crippen molar-refractivity contribution in [3.8, 4) is 5.75 Å². The first-order chi connectivity index (χ1) is 14.1. The lowest BCUT2D eigenvalue weighted by Gasteiger charge is -2.16. The van der Waals surface area contributed by atoms with Gasteiger partial charge in [-0.1, -0.05) is 18.2 Å². The van der Waals surface area contributed by atoms with Crippen LogP contribution in [0.3, 0.4) is 0 Å². The number of nitrogens with one attached hydrogen (secondary N) is 1. The summed E-state index contributed by atoms with van der Waals surface area (Å²) >= 11 is 3.18. The van der Waals surface area contributed by atoms with Crippen LogP contribution in [0.1, 0.15) is 22.8 Å². The number of hydrogen-bond acceptors (Lipinski definition) is 6. The molecule has 1 amide bonds. The first-order valence-corrected chi connectivity index (χ1v) is 11.1. The fraction of sp³-hybridized carbons (Fsp3) is 0.300. The van der Waals surface area contributed by atoms with Gasteiger partial charge in [0.1, 0.15) is 5.75 Å². The van der Waals surface area contributed by atoms with Crippen molar-refractivity contribution < 1.29 is 27.5 Å². The number of sulfonamides is 1. The molecule has 0 saturated carbocycles. The number of rotatable bonds is 8. The predicted molar refractivity (Wildman–Crippen MR) is 115 cm³/mol. The lowest BCUT2D eigenvalue weighted by Crippen LogP contribution is -2.35. The summed E-state index contributed by atoms with van der Waals surface area (Å²) in [6, 6.07) is 11.3. The summed E-state index contributed by atoms with van der Waals surface area (Å²) < 4.78 is 36.6. The quantitative estimate of drug-likeness (QED) is 0.561. The van der Waals surface area contributed by atoms with Gasteiger partial charge in [0, 0.05) is 30.7 Å². The van der Waals surface area contributed by atoms with E-state index in [1.807, 2.05) is 18.2 Å². The van der Waals surface area contributed by atoms with Crippen LogP contribution in [0.25, 0.3) is 0 Å². The Labute approximate surface area is 184 Å². The maximum Gasteiger partial charge on any atom is 0.338 e. The summed E-state index contributed by atoms with van der Waals surface area (Å²) in [5, 5.41) is 2.68. The molecule has 0 radical (unpaired) electrons. The van der Waals surface area contributed by atoms with Gasteiger partial charge in [0.2, 0.25) is 10.0 Å². The number of amides is 1. The summed E-state index contributed by atoms with van der Waals surface area (Å²) in [4.78, 5) is 24.7. The van der Waals surface area contributed by atoms with Crippen molar-refractivity contribution in [3.63, 3.8) is 0 Å². The highest BCUT2D eigenvalue weighted by atomic mass is 79.9. The number of hydrogen-bond donors (Lipinski definition) is 1. The molecule has 0 aliphatic rings. The zero-order valence-electron chi connectivity index (χ0n) is 17.0. The highest BCUT2D eigenvalue weighted by Crippen LogP contribution is 2.25. The largest absolute Gasteiger partial charge is 0.496 e. The van der Waals surface area contributed by atoms with Gasteiger partial charge in [-0.05, 0) is 47.1 Å². The lowest BCUT2D eigenvalue weighted by atomic mass is 10.2. The highest BCUT2D eigenvalue weighted by Gasteiger charge is 2.24. The number of para-hydroxylation sites is 1. The van der Waals surface area contributed by atoms with Crippen molar-refractivity contribution in [1.29, 1.82) is 0 Å². The van der Waals surface area contributed by atoms with Crippen molar-refractivity contribution in [1.82, 2.24) is 9.62 Å². The van der Waals surface area contributed by atoms with E-state index < -0.39 is 28.0 Å². The molecule has 1 atom stereocenters. The van der Waals surface area contributed by atoms with Gasteiger partial charge in [0.25, 0.3) is 5.91 Å². The van der Waals surface area contributed by atoms with Crippen molar-refractivity contribution in [2.75, 3.05) is 21.2 Å². The predicted octanol–water partition coefficient (Wildman–Crippen LogP) is 2.57. The molecular weight excluding hydrogens is 476 g/mol. The number of benzene rings is 2. The van der Waals surface area contributed by atoms with E-state index in [9.17, 15) is 18.0 Å². The molecule has 1 unspecified atom stereocenters. The van der Waals surface area contributed by atoms with E-state index in [-0.39, 0.29) is 17.0 Å². The minimum atomic E-state index is -3.77. The molecule has 0 aromatic heterocycles. The number of ether oxygens (including phenoxy) is 2. The first kappa shape index (κ1) is 23.8. The molecular formula is C20H23BrN2O6S. The van der Waals surface area contributed by atoms with Crippen LogP contribution in [-0.4, -0.2) is 51.9 Å². The average Bonchev–Trinajstić information content (AvgIpc) is 2.71. The second-order valence-electron chi connectivity index (χ2n) is 6.51. The van der Waals surface area contributed by atoms with E-state index in [1.54, 1.807) is 6.07 Å². The van der Waals surface area contributed by atoms with Gasteiger partial charge < -0.3 is 14.8 Å². The van der Waals surface area contributed by atoms with Gasteiger partial charge in [-0.15, -0.1) is 0 Å². The number of halogens is 1. The van der Waals surface area contributed by atoms with E-state index in [0.29, 0.717) is 10.2 Å². The third-order valence-corrected chi connectivity index (χ3v) is 7.03. The highest BCUT2D eigenvalue weighted by molar-refractivity contribution is 9.10. The van der Waals surface area contributed by atoms with E-state index in [2.05, 4.69) is 21.2 Å². The van der Waals surface area contributed by atoms with Crippen molar-refractivity contribution in [2.45, 2.75) is 24.5 Å². The Hall–Kier alpha value is -2.43. The number of carbonyl (C=O) groups is 2. The topological polar surface area (TPSA) is 102 Å². The third-order valence-electron chi connectivity index (χ3n) is 4.22. The number of methoxy groups -OCH3 is 1. The Bertz CT molecular complexity index is 1040. The Kier molecular flexibility index (Phi) is 7.99. The van der Waals surface area contributed by atoms with Crippen molar-refractivity contribution in [2.24, 2.45) is 0 Å². The van der Waals surface area contributed by atoms with Gasteiger partial charge in [0.15, 0.2) is 6.10 Å². The Morgan fingerprint density at radius 2 is 1.83 bits per heavy atom. The summed E-state index contributed by atoms with van der Waals surface area (Å²) in [5.74, 6) is -0.669. The monoisotopic (exact) mass is 498 g/mol. The zero-order valence-corrected chi connectivity index (χ0v) is 19.4. The zero-order chi connectivity index (χ0) is 22.5. The van der Waals surface area contributed by atoms with Gasteiger partial charge in [-0.3, -0.25) is 4.79 Å². The van der Waals surface area contributed by atoms with E-state index in [4.69, 9.17) is 9.47 Å². The van der Waals surface area contributed by atoms with Crippen LogP contribution in [0, 0.1) is 0 Å². The molecule has 0 spiro atoms. The van der Waals surface area contributed by atoms with E-state index in [1.165, 1.54) is 46.3 Å². The second-order valence-corrected chi connectivity index (χ2v) is 9.48. The van der Waals surface area contributed by atoms with Crippen LogP contribution >= 0.6 is 15.9 Å².